The maximum absolute atomic E-state index is 12.5. The van der Waals surface area contributed by atoms with Gasteiger partial charge < -0.3 is 19.7 Å². The Morgan fingerprint density at radius 3 is 2.79 bits per heavy atom. The van der Waals surface area contributed by atoms with Gasteiger partial charge in [-0.3, -0.25) is 9.59 Å². The van der Waals surface area contributed by atoms with Crippen LogP contribution in [0.5, 0.6) is 11.5 Å². The fourth-order valence-electron chi connectivity index (χ4n) is 3.31. The minimum atomic E-state index is -0.331. The average molecular weight is 398 g/mol. The molecular formula is C21H22N2O4S. The van der Waals surface area contributed by atoms with Gasteiger partial charge in [0.15, 0.2) is 11.5 Å². The summed E-state index contributed by atoms with van der Waals surface area (Å²) in [7, 11) is 0. The number of rotatable bonds is 6. The van der Waals surface area contributed by atoms with Crippen molar-refractivity contribution in [2.24, 2.45) is 5.92 Å². The molecule has 2 heterocycles. The van der Waals surface area contributed by atoms with E-state index >= 15 is 0 Å². The maximum Gasteiger partial charge on any atom is 0.231 e. The van der Waals surface area contributed by atoms with Crippen molar-refractivity contribution in [1.82, 2.24) is 5.32 Å². The molecule has 0 aliphatic carbocycles. The van der Waals surface area contributed by atoms with E-state index in [0.29, 0.717) is 24.6 Å². The monoisotopic (exact) mass is 398 g/mol. The number of fused-ring (bicyclic) bond motifs is 1. The molecule has 1 atom stereocenters. The van der Waals surface area contributed by atoms with E-state index in [9.17, 15) is 9.59 Å². The number of hydrogen-bond donors (Lipinski definition) is 1. The molecule has 1 N–H and O–H groups in total. The number of carbonyl (C=O) groups is 2. The van der Waals surface area contributed by atoms with E-state index in [1.54, 1.807) is 28.8 Å². The van der Waals surface area contributed by atoms with E-state index in [1.807, 2.05) is 6.07 Å². The molecule has 0 aromatic heterocycles. The lowest BCUT2D eigenvalue weighted by atomic mass is 10.1. The number of anilines is 1. The molecule has 1 unspecified atom stereocenters. The maximum atomic E-state index is 12.5. The number of ether oxygens (including phenoxy) is 2. The fraction of sp³-hybridized carbons (Fsp3) is 0.333. The van der Waals surface area contributed by atoms with E-state index in [2.05, 4.69) is 36.5 Å². The second-order valence-electron chi connectivity index (χ2n) is 6.90. The largest absolute Gasteiger partial charge is 0.454 e. The highest BCUT2D eigenvalue weighted by Crippen LogP contribution is 2.37. The third kappa shape index (κ3) is 4.09. The van der Waals surface area contributed by atoms with Gasteiger partial charge in [-0.2, -0.15) is 0 Å². The highest BCUT2D eigenvalue weighted by atomic mass is 32.2. The van der Waals surface area contributed by atoms with Crippen molar-refractivity contribution in [3.63, 3.8) is 0 Å². The molecule has 2 aliphatic rings. The molecule has 0 spiro atoms. The highest BCUT2D eigenvalue weighted by molar-refractivity contribution is 7.99. The number of aryl methyl sites for hydroxylation is 1. The molecule has 0 bridgehead atoms. The summed E-state index contributed by atoms with van der Waals surface area (Å²) in [4.78, 5) is 27.7. The van der Waals surface area contributed by atoms with Gasteiger partial charge in [-0.25, -0.2) is 0 Å². The van der Waals surface area contributed by atoms with Gasteiger partial charge in [0.1, 0.15) is 0 Å². The topological polar surface area (TPSA) is 67.9 Å². The summed E-state index contributed by atoms with van der Waals surface area (Å²) in [5.74, 6) is 1.65. The molecule has 2 aromatic carbocycles. The van der Waals surface area contributed by atoms with Crippen LogP contribution in [0.15, 0.2) is 47.4 Å². The zero-order valence-corrected chi connectivity index (χ0v) is 16.5. The predicted molar refractivity (Wildman–Crippen MR) is 108 cm³/mol. The number of nitrogens with zero attached hydrogens (tertiary/aromatic N) is 1. The van der Waals surface area contributed by atoms with Crippen molar-refractivity contribution in [1.29, 1.82) is 0 Å². The quantitative estimate of drug-likeness (QED) is 0.599. The van der Waals surface area contributed by atoms with E-state index in [0.717, 1.165) is 11.4 Å². The zero-order chi connectivity index (χ0) is 19.5. The lowest BCUT2D eigenvalue weighted by Gasteiger charge is -2.17. The number of amides is 2. The second-order valence-corrected chi connectivity index (χ2v) is 8.06. The van der Waals surface area contributed by atoms with E-state index in [4.69, 9.17) is 9.47 Å². The fourth-order valence-corrected chi connectivity index (χ4v) is 4.08. The molecule has 6 nitrogen and oxygen atoms in total. The van der Waals surface area contributed by atoms with Gasteiger partial charge in [-0.1, -0.05) is 17.7 Å². The Morgan fingerprint density at radius 2 is 1.96 bits per heavy atom. The van der Waals surface area contributed by atoms with Crippen LogP contribution in [0, 0.1) is 12.8 Å². The first-order chi connectivity index (χ1) is 13.6. The van der Waals surface area contributed by atoms with Crippen molar-refractivity contribution < 1.29 is 19.1 Å². The summed E-state index contributed by atoms with van der Waals surface area (Å²) in [5.41, 5.74) is 1.97. The molecule has 4 rings (SSSR count). The molecule has 0 radical (unpaired) electrons. The van der Waals surface area contributed by atoms with Crippen LogP contribution in [0.2, 0.25) is 0 Å². The van der Waals surface area contributed by atoms with Crippen LogP contribution >= 0.6 is 11.8 Å². The van der Waals surface area contributed by atoms with Gasteiger partial charge >= 0.3 is 0 Å². The Labute approximate surface area is 168 Å². The summed E-state index contributed by atoms with van der Waals surface area (Å²) >= 11 is 1.71. The molecule has 2 aromatic rings. The second kappa shape index (κ2) is 8.14. The van der Waals surface area contributed by atoms with Gasteiger partial charge in [-0.05, 0) is 31.2 Å². The Balaban J connectivity index is 1.27. The molecule has 2 amide bonds. The van der Waals surface area contributed by atoms with Crippen molar-refractivity contribution in [3.8, 4) is 11.5 Å². The van der Waals surface area contributed by atoms with Crippen LogP contribution in [-0.4, -0.2) is 37.4 Å². The Bertz CT molecular complexity index is 884. The first kappa shape index (κ1) is 18.7. The normalized spacial score (nSPS) is 17.8. The van der Waals surface area contributed by atoms with Gasteiger partial charge in [0.05, 0.1) is 5.92 Å². The van der Waals surface area contributed by atoms with Crippen molar-refractivity contribution >= 4 is 29.3 Å². The van der Waals surface area contributed by atoms with Crippen molar-refractivity contribution in [3.05, 3.63) is 48.0 Å². The molecule has 1 fully saturated rings. The molecule has 7 heteroatoms. The number of nitrogens with one attached hydrogen (secondary N) is 1. The zero-order valence-electron chi connectivity index (χ0n) is 15.6. The van der Waals surface area contributed by atoms with Crippen LogP contribution in [0.4, 0.5) is 5.69 Å². The van der Waals surface area contributed by atoms with Crippen LogP contribution in [0.1, 0.15) is 12.0 Å². The van der Waals surface area contributed by atoms with Crippen molar-refractivity contribution in [2.75, 3.05) is 30.5 Å². The Hall–Kier alpha value is -2.67. The summed E-state index contributed by atoms with van der Waals surface area (Å²) in [6.45, 7) is 3.21. The number of hydrogen-bond acceptors (Lipinski definition) is 5. The first-order valence-electron chi connectivity index (χ1n) is 9.27. The SMILES string of the molecule is Cc1ccc(SCCNC(=O)C2CC(=O)N(c3ccc4c(c3)OCO4)C2)cc1. The van der Waals surface area contributed by atoms with Crippen LogP contribution in [0.25, 0.3) is 0 Å². The average Bonchev–Trinajstić information content (AvgIpc) is 3.32. The van der Waals surface area contributed by atoms with Gasteiger partial charge in [-0.15, -0.1) is 11.8 Å². The third-order valence-electron chi connectivity index (χ3n) is 4.85. The molecule has 1 saturated heterocycles. The molecular weight excluding hydrogens is 376 g/mol. The molecule has 2 aliphatic heterocycles. The number of benzene rings is 2. The lowest BCUT2D eigenvalue weighted by Crippen LogP contribution is -2.34. The highest BCUT2D eigenvalue weighted by Gasteiger charge is 2.35. The van der Waals surface area contributed by atoms with Gasteiger partial charge in [0.25, 0.3) is 0 Å². The van der Waals surface area contributed by atoms with E-state index in [-0.39, 0.29) is 30.9 Å². The molecule has 28 heavy (non-hydrogen) atoms. The summed E-state index contributed by atoms with van der Waals surface area (Å²) in [5, 5.41) is 2.96. The van der Waals surface area contributed by atoms with Crippen LogP contribution in [-0.2, 0) is 9.59 Å². The van der Waals surface area contributed by atoms with Crippen molar-refractivity contribution in [2.45, 2.75) is 18.2 Å². The minimum Gasteiger partial charge on any atom is -0.454 e. The summed E-state index contributed by atoms with van der Waals surface area (Å²) in [6, 6.07) is 13.7. The summed E-state index contributed by atoms with van der Waals surface area (Å²) < 4.78 is 10.7. The lowest BCUT2D eigenvalue weighted by molar-refractivity contribution is -0.126. The Kier molecular flexibility index (Phi) is 5.43. The van der Waals surface area contributed by atoms with E-state index < -0.39 is 0 Å². The predicted octanol–water partition coefficient (Wildman–Crippen LogP) is 2.99. The van der Waals surface area contributed by atoms with Crippen LogP contribution < -0.4 is 19.7 Å². The standard InChI is InChI=1S/C21H22N2O4S/c1-14-2-5-17(6-3-14)28-9-8-22-21(25)15-10-20(24)23(12-15)16-4-7-18-19(11-16)27-13-26-18/h2-7,11,15H,8-10,12-13H2,1H3,(H,22,25). The Morgan fingerprint density at radius 1 is 1.18 bits per heavy atom. The van der Waals surface area contributed by atoms with Gasteiger partial charge in [0.2, 0.25) is 18.6 Å². The first-order valence-corrected chi connectivity index (χ1v) is 10.3. The number of carbonyl (C=O) groups excluding carboxylic acids is 2. The number of thioether (sulfide) groups is 1. The van der Waals surface area contributed by atoms with E-state index in [1.165, 1.54) is 10.5 Å². The smallest absolute Gasteiger partial charge is 0.231 e. The van der Waals surface area contributed by atoms with Gasteiger partial charge in [0, 0.05) is 41.9 Å². The van der Waals surface area contributed by atoms with Crippen LogP contribution in [0.3, 0.4) is 0 Å². The molecule has 146 valence electrons. The minimum absolute atomic E-state index is 0.0481. The third-order valence-corrected chi connectivity index (χ3v) is 5.87. The molecule has 0 saturated carbocycles. The summed E-state index contributed by atoms with van der Waals surface area (Å²) in [6.07, 6.45) is 0.228.